The standard InChI is InChI=1S/C26H21F3N2O3/c1-3-34-21-14-10-19(11-15-21)30-23-22(17-6-4-16(2)5-7-17)24(32)31(25(23)33)20-12-8-18(9-13-20)26(27,28)29/h4-15,30H,3H2,1-2H3. The number of carbonyl (C=O) groups excluding carboxylic acids is 2. The summed E-state index contributed by atoms with van der Waals surface area (Å²) in [5, 5.41) is 3.02. The Morgan fingerprint density at radius 1 is 0.853 bits per heavy atom. The van der Waals surface area contributed by atoms with E-state index in [4.69, 9.17) is 4.74 Å². The van der Waals surface area contributed by atoms with Crippen molar-refractivity contribution in [3.63, 3.8) is 0 Å². The van der Waals surface area contributed by atoms with Gasteiger partial charge in [0, 0.05) is 5.69 Å². The van der Waals surface area contributed by atoms with E-state index in [0.717, 1.165) is 34.7 Å². The van der Waals surface area contributed by atoms with Crippen LogP contribution in [-0.2, 0) is 15.8 Å². The van der Waals surface area contributed by atoms with E-state index < -0.39 is 23.6 Å². The predicted molar refractivity (Wildman–Crippen MR) is 123 cm³/mol. The van der Waals surface area contributed by atoms with Crippen molar-refractivity contribution in [1.29, 1.82) is 0 Å². The highest BCUT2D eigenvalue weighted by molar-refractivity contribution is 6.46. The van der Waals surface area contributed by atoms with Crippen LogP contribution in [0.25, 0.3) is 5.57 Å². The fraction of sp³-hybridized carbons (Fsp3) is 0.154. The lowest BCUT2D eigenvalue weighted by Gasteiger charge is -2.16. The second-order valence-corrected chi connectivity index (χ2v) is 7.69. The number of anilines is 2. The summed E-state index contributed by atoms with van der Waals surface area (Å²) in [6, 6.07) is 17.9. The smallest absolute Gasteiger partial charge is 0.416 e. The van der Waals surface area contributed by atoms with Gasteiger partial charge in [0.05, 0.1) is 23.4 Å². The Balaban J connectivity index is 1.73. The molecule has 0 saturated heterocycles. The van der Waals surface area contributed by atoms with Crippen LogP contribution in [-0.4, -0.2) is 18.4 Å². The molecule has 4 rings (SSSR count). The zero-order valence-corrected chi connectivity index (χ0v) is 18.4. The molecule has 34 heavy (non-hydrogen) atoms. The highest BCUT2D eigenvalue weighted by atomic mass is 19.4. The quantitative estimate of drug-likeness (QED) is 0.466. The molecule has 1 heterocycles. The van der Waals surface area contributed by atoms with Gasteiger partial charge in [-0.1, -0.05) is 29.8 Å². The molecule has 5 nitrogen and oxygen atoms in total. The molecule has 0 saturated carbocycles. The van der Waals surface area contributed by atoms with Gasteiger partial charge >= 0.3 is 6.18 Å². The summed E-state index contributed by atoms with van der Waals surface area (Å²) in [7, 11) is 0. The van der Waals surface area contributed by atoms with E-state index in [2.05, 4.69) is 5.32 Å². The molecular formula is C26H21F3N2O3. The van der Waals surface area contributed by atoms with Gasteiger partial charge in [0.25, 0.3) is 11.8 Å². The van der Waals surface area contributed by atoms with Crippen molar-refractivity contribution in [3.8, 4) is 5.75 Å². The molecule has 174 valence electrons. The predicted octanol–water partition coefficient (Wildman–Crippen LogP) is 5.81. The van der Waals surface area contributed by atoms with Crippen molar-refractivity contribution >= 4 is 28.8 Å². The Labute approximate surface area is 194 Å². The molecule has 0 unspecified atom stereocenters. The minimum atomic E-state index is -4.52. The van der Waals surface area contributed by atoms with Gasteiger partial charge < -0.3 is 10.1 Å². The van der Waals surface area contributed by atoms with Gasteiger partial charge in [0.1, 0.15) is 11.4 Å². The molecule has 0 atom stereocenters. The van der Waals surface area contributed by atoms with Crippen molar-refractivity contribution < 1.29 is 27.5 Å². The molecule has 1 aliphatic heterocycles. The number of hydrogen-bond acceptors (Lipinski definition) is 4. The molecule has 1 N–H and O–H groups in total. The molecule has 2 amide bonds. The lowest BCUT2D eigenvalue weighted by atomic mass is 10.0. The van der Waals surface area contributed by atoms with E-state index in [1.165, 1.54) is 0 Å². The fourth-order valence-electron chi connectivity index (χ4n) is 3.61. The Kier molecular flexibility index (Phi) is 6.15. The summed E-state index contributed by atoms with van der Waals surface area (Å²) in [6.45, 7) is 4.27. The number of aryl methyl sites for hydroxylation is 1. The number of rotatable bonds is 6. The normalized spacial score (nSPS) is 14.1. The number of alkyl halides is 3. The Morgan fingerprint density at radius 2 is 1.47 bits per heavy atom. The molecule has 1 aliphatic rings. The van der Waals surface area contributed by atoms with Crippen LogP contribution in [0.2, 0.25) is 0 Å². The average Bonchev–Trinajstić information content (AvgIpc) is 3.05. The van der Waals surface area contributed by atoms with E-state index in [-0.39, 0.29) is 17.0 Å². The SMILES string of the molecule is CCOc1ccc(NC2=C(c3ccc(C)cc3)C(=O)N(c3ccc(C(F)(F)F)cc3)C2=O)cc1. The van der Waals surface area contributed by atoms with Crippen molar-refractivity contribution in [1.82, 2.24) is 0 Å². The minimum absolute atomic E-state index is 0.0397. The Morgan fingerprint density at radius 3 is 2.03 bits per heavy atom. The highest BCUT2D eigenvalue weighted by Gasteiger charge is 2.40. The van der Waals surface area contributed by atoms with E-state index >= 15 is 0 Å². The number of halogens is 3. The first-order valence-electron chi connectivity index (χ1n) is 10.6. The van der Waals surface area contributed by atoms with Crippen LogP contribution in [0.1, 0.15) is 23.6 Å². The largest absolute Gasteiger partial charge is 0.494 e. The zero-order valence-electron chi connectivity index (χ0n) is 18.4. The Hall–Kier alpha value is -4.07. The van der Waals surface area contributed by atoms with Crippen LogP contribution in [0.3, 0.4) is 0 Å². The first-order chi connectivity index (χ1) is 16.2. The molecule has 3 aromatic rings. The second kappa shape index (κ2) is 9.05. The maximum Gasteiger partial charge on any atom is 0.416 e. The summed E-state index contributed by atoms with van der Waals surface area (Å²) in [4.78, 5) is 27.6. The van der Waals surface area contributed by atoms with Crippen molar-refractivity contribution in [2.45, 2.75) is 20.0 Å². The van der Waals surface area contributed by atoms with Crippen LogP contribution < -0.4 is 15.0 Å². The number of ether oxygens (including phenoxy) is 1. The van der Waals surface area contributed by atoms with Gasteiger partial charge in [0.15, 0.2) is 0 Å². The molecule has 0 bridgehead atoms. The third-order valence-electron chi connectivity index (χ3n) is 5.31. The number of hydrogen-bond donors (Lipinski definition) is 1. The number of benzene rings is 3. The summed E-state index contributed by atoms with van der Waals surface area (Å²) < 4.78 is 44.3. The molecule has 3 aromatic carbocycles. The third kappa shape index (κ3) is 4.52. The van der Waals surface area contributed by atoms with Gasteiger partial charge in [0.2, 0.25) is 0 Å². The maximum absolute atomic E-state index is 13.4. The van der Waals surface area contributed by atoms with E-state index in [1.54, 1.807) is 36.4 Å². The lowest BCUT2D eigenvalue weighted by molar-refractivity contribution is -0.137. The number of nitrogens with zero attached hydrogens (tertiary/aromatic N) is 1. The monoisotopic (exact) mass is 466 g/mol. The zero-order chi connectivity index (χ0) is 24.5. The third-order valence-corrected chi connectivity index (χ3v) is 5.31. The van der Waals surface area contributed by atoms with E-state index in [0.29, 0.717) is 23.6 Å². The maximum atomic E-state index is 13.4. The van der Waals surface area contributed by atoms with Crippen molar-refractivity contribution in [2.24, 2.45) is 0 Å². The van der Waals surface area contributed by atoms with Gasteiger partial charge in [-0.05, 0) is 67.9 Å². The van der Waals surface area contributed by atoms with Crippen LogP contribution in [0.15, 0.2) is 78.5 Å². The summed E-state index contributed by atoms with van der Waals surface area (Å²) in [5.41, 5.74) is 1.41. The van der Waals surface area contributed by atoms with Crippen LogP contribution in [0.5, 0.6) is 5.75 Å². The van der Waals surface area contributed by atoms with Crippen molar-refractivity contribution in [3.05, 3.63) is 95.2 Å². The number of carbonyl (C=O) groups is 2. The van der Waals surface area contributed by atoms with Crippen LogP contribution in [0, 0.1) is 6.92 Å². The summed E-state index contributed by atoms with van der Waals surface area (Å²) in [6.07, 6.45) is -4.52. The van der Waals surface area contributed by atoms with Crippen LogP contribution in [0.4, 0.5) is 24.5 Å². The minimum Gasteiger partial charge on any atom is -0.494 e. The summed E-state index contributed by atoms with van der Waals surface area (Å²) in [5.74, 6) is -0.628. The van der Waals surface area contributed by atoms with Gasteiger partial charge in [-0.3, -0.25) is 9.59 Å². The molecule has 0 aromatic heterocycles. The van der Waals surface area contributed by atoms with Gasteiger partial charge in [-0.25, -0.2) is 4.90 Å². The van der Waals surface area contributed by atoms with E-state index in [1.807, 2.05) is 26.0 Å². The number of nitrogens with one attached hydrogen (secondary N) is 1. The van der Waals surface area contributed by atoms with Gasteiger partial charge in [-0.2, -0.15) is 13.2 Å². The Bertz CT molecular complexity index is 1250. The molecule has 0 spiro atoms. The van der Waals surface area contributed by atoms with Crippen LogP contribution >= 0.6 is 0 Å². The molecule has 8 heteroatoms. The highest BCUT2D eigenvalue weighted by Crippen LogP contribution is 2.36. The average molecular weight is 466 g/mol. The second-order valence-electron chi connectivity index (χ2n) is 7.69. The van der Waals surface area contributed by atoms with Gasteiger partial charge in [-0.15, -0.1) is 0 Å². The molecular weight excluding hydrogens is 445 g/mol. The number of amides is 2. The summed E-state index contributed by atoms with van der Waals surface area (Å²) >= 11 is 0. The molecule has 0 aliphatic carbocycles. The molecule has 0 radical (unpaired) electrons. The molecule has 0 fully saturated rings. The fourth-order valence-corrected chi connectivity index (χ4v) is 3.61. The first-order valence-corrected chi connectivity index (χ1v) is 10.6. The van der Waals surface area contributed by atoms with Crippen molar-refractivity contribution in [2.75, 3.05) is 16.8 Å². The first kappa shape index (κ1) is 23.1. The lowest BCUT2D eigenvalue weighted by Crippen LogP contribution is -2.32. The van der Waals surface area contributed by atoms with E-state index in [9.17, 15) is 22.8 Å². The topological polar surface area (TPSA) is 58.6 Å². The number of imide groups is 1.